The Balaban J connectivity index is 2.71. The Morgan fingerprint density at radius 1 is 1.16 bits per heavy atom. The van der Waals surface area contributed by atoms with E-state index >= 15 is 0 Å². The maximum Gasteiger partial charge on any atom is 0.407 e. The summed E-state index contributed by atoms with van der Waals surface area (Å²) in [6.45, 7) is 11.1. The second kappa shape index (κ2) is 12.6. The number of benzene rings is 1. The lowest BCUT2D eigenvalue weighted by Gasteiger charge is -2.29. The normalized spacial score (nSPS) is 13.9. The van der Waals surface area contributed by atoms with E-state index in [4.69, 9.17) is 14.6 Å². The van der Waals surface area contributed by atoms with Gasteiger partial charge in [-0.3, -0.25) is 4.79 Å². The number of ether oxygens (including phenoxy) is 2. The topological polar surface area (TPSA) is 114 Å². The summed E-state index contributed by atoms with van der Waals surface area (Å²) in [4.78, 5) is 35.4. The molecular formula is C23H34N2O6. The van der Waals surface area contributed by atoms with Crippen LogP contribution in [0.2, 0.25) is 0 Å². The molecule has 0 aliphatic rings. The van der Waals surface area contributed by atoms with Crippen molar-refractivity contribution in [1.82, 2.24) is 10.6 Å². The molecule has 0 aromatic heterocycles. The number of hydrogen-bond donors (Lipinski definition) is 3. The summed E-state index contributed by atoms with van der Waals surface area (Å²) in [6, 6.07) is 8.90. The largest absolute Gasteiger partial charge is 0.481 e. The average molecular weight is 435 g/mol. The number of hydrogen-bond acceptors (Lipinski definition) is 5. The van der Waals surface area contributed by atoms with Gasteiger partial charge in [0.1, 0.15) is 12.2 Å². The van der Waals surface area contributed by atoms with Gasteiger partial charge in [0.25, 0.3) is 0 Å². The lowest BCUT2D eigenvalue weighted by Crippen LogP contribution is -2.45. The van der Waals surface area contributed by atoms with Crippen molar-refractivity contribution in [2.75, 3.05) is 6.54 Å². The van der Waals surface area contributed by atoms with E-state index in [0.29, 0.717) is 6.42 Å². The standard InChI is InChI=1S/C23H34N2O6/c1-6-17(13-20(26)27)12-19(16(2)25-22(29)31-23(3,4)5)14-24-21(28)30-15-18-10-8-7-9-11-18/h6-11,16-17,19H,1,12-15H2,2-5H3,(H,24,28)(H,25,29)(H,26,27)/t16-,17?,19+/m1/s1. The first kappa shape index (κ1) is 26.0. The van der Waals surface area contributed by atoms with Crippen LogP contribution in [0.3, 0.4) is 0 Å². The Morgan fingerprint density at radius 3 is 2.35 bits per heavy atom. The molecule has 0 aliphatic carbocycles. The number of aliphatic carboxylic acids is 1. The highest BCUT2D eigenvalue weighted by Gasteiger charge is 2.26. The molecule has 1 unspecified atom stereocenters. The van der Waals surface area contributed by atoms with E-state index in [9.17, 15) is 14.4 Å². The Hall–Kier alpha value is -3.03. The van der Waals surface area contributed by atoms with Crippen molar-refractivity contribution in [1.29, 1.82) is 0 Å². The van der Waals surface area contributed by atoms with Crippen LogP contribution in [0.15, 0.2) is 43.0 Å². The summed E-state index contributed by atoms with van der Waals surface area (Å²) in [5.41, 5.74) is 0.216. The van der Waals surface area contributed by atoms with Crippen molar-refractivity contribution in [3.8, 4) is 0 Å². The summed E-state index contributed by atoms with van der Waals surface area (Å²) < 4.78 is 10.5. The number of alkyl carbamates (subject to hydrolysis) is 2. The van der Waals surface area contributed by atoms with Gasteiger partial charge >= 0.3 is 18.2 Å². The molecular weight excluding hydrogens is 400 g/mol. The van der Waals surface area contributed by atoms with E-state index in [0.717, 1.165) is 5.56 Å². The van der Waals surface area contributed by atoms with Gasteiger partial charge in [0, 0.05) is 12.6 Å². The number of allylic oxidation sites excluding steroid dienone is 1. The van der Waals surface area contributed by atoms with Gasteiger partial charge < -0.3 is 25.2 Å². The summed E-state index contributed by atoms with van der Waals surface area (Å²) in [6.07, 6.45) is 0.731. The third-order valence-corrected chi connectivity index (χ3v) is 4.55. The van der Waals surface area contributed by atoms with Crippen LogP contribution >= 0.6 is 0 Å². The molecule has 3 N–H and O–H groups in total. The minimum Gasteiger partial charge on any atom is -0.481 e. The number of carboxylic acids is 1. The van der Waals surface area contributed by atoms with Gasteiger partial charge in [0.2, 0.25) is 0 Å². The van der Waals surface area contributed by atoms with E-state index in [1.165, 1.54) is 0 Å². The Labute approximate surface area is 184 Å². The number of carbonyl (C=O) groups is 3. The first-order valence-electron chi connectivity index (χ1n) is 10.3. The molecule has 0 heterocycles. The van der Waals surface area contributed by atoms with E-state index < -0.39 is 23.8 Å². The molecule has 1 aromatic rings. The molecule has 172 valence electrons. The van der Waals surface area contributed by atoms with Crippen molar-refractivity contribution in [2.24, 2.45) is 11.8 Å². The molecule has 8 heteroatoms. The van der Waals surface area contributed by atoms with E-state index in [1.54, 1.807) is 33.8 Å². The summed E-state index contributed by atoms with van der Waals surface area (Å²) in [5.74, 6) is -1.52. The van der Waals surface area contributed by atoms with Gasteiger partial charge in [-0.25, -0.2) is 9.59 Å². The third kappa shape index (κ3) is 11.7. The molecule has 1 aromatic carbocycles. The number of carboxylic acid groups (broad SMARTS) is 1. The zero-order chi connectivity index (χ0) is 23.4. The molecule has 3 atom stereocenters. The number of rotatable bonds is 11. The van der Waals surface area contributed by atoms with Crippen LogP contribution in [0.25, 0.3) is 0 Å². The SMILES string of the molecule is C=CC(CC(=O)O)C[C@@H](CNC(=O)OCc1ccccc1)[C@@H](C)NC(=O)OC(C)(C)C. The Kier molecular flexibility index (Phi) is 10.6. The van der Waals surface area contributed by atoms with Crippen molar-refractivity contribution < 1.29 is 29.0 Å². The van der Waals surface area contributed by atoms with Gasteiger partial charge in [-0.1, -0.05) is 36.4 Å². The molecule has 2 amide bonds. The first-order valence-corrected chi connectivity index (χ1v) is 10.3. The van der Waals surface area contributed by atoms with Crippen LogP contribution in [0.5, 0.6) is 0 Å². The maximum absolute atomic E-state index is 12.1. The third-order valence-electron chi connectivity index (χ3n) is 4.55. The zero-order valence-electron chi connectivity index (χ0n) is 18.7. The second-order valence-electron chi connectivity index (χ2n) is 8.47. The molecule has 0 spiro atoms. The van der Waals surface area contributed by atoms with Crippen LogP contribution in [0.4, 0.5) is 9.59 Å². The Morgan fingerprint density at radius 2 is 1.81 bits per heavy atom. The highest BCUT2D eigenvalue weighted by Crippen LogP contribution is 2.20. The lowest BCUT2D eigenvalue weighted by atomic mass is 9.87. The smallest absolute Gasteiger partial charge is 0.407 e. The molecule has 0 saturated carbocycles. The van der Waals surface area contributed by atoms with Crippen LogP contribution in [0, 0.1) is 11.8 Å². The van der Waals surface area contributed by atoms with Gasteiger partial charge in [0.05, 0.1) is 6.42 Å². The molecule has 8 nitrogen and oxygen atoms in total. The van der Waals surface area contributed by atoms with Gasteiger partial charge in [-0.15, -0.1) is 6.58 Å². The van der Waals surface area contributed by atoms with Crippen molar-refractivity contribution in [3.05, 3.63) is 48.6 Å². The number of nitrogens with one attached hydrogen (secondary N) is 2. The molecule has 1 rings (SSSR count). The monoisotopic (exact) mass is 434 g/mol. The van der Waals surface area contributed by atoms with E-state index in [2.05, 4.69) is 17.2 Å². The second-order valence-corrected chi connectivity index (χ2v) is 8.47. The fraction of sp³-hybridized carbons (Fsp3) is 0.522. The molecule has 0 bridgehead atoms. The number of amides is 2. The molecule has 0 aliphatic heterocycles. The average Bonchev–Trinajstić information content (AvgIpc) is 2.67. The van der Waals surface area contributed by atoms with Crippen molar-refractivity contribution >= 4 is 18.2 Å². The molecule has 0 radical (unpaired) electrons. The minimum atomic E-state index is -0.938. The molecule has 0 fully saturated rings. The van der Waals surface area contributed by atoms with E-state index in [1.807, 2.05) is 30.3 Å². The van der Waals surface area contributed by atoms with Gasteiger partial charge in [0.15, 0.2) is 0 Å². The quantitative estimate of drug-likeness (QED) is 0.452. The molecule has 31 heavy (non-hydrogen) atoms. The van der Waals surface area contributed by atoms with Crippen molar-refractivity contribution in [2.45, 2.75) is 58.8 Å². The predicted molar refractivity (Wildman–Crippen MR) is 118 cm³/mol. The summed E-state index contributed by atoms with van der Waals surface area (Å²) >= 11 is 0. The zero-order valence-corrected chi connectivity index (χ0v) is 18.7. The minimum absolute atomic E-state index is 0.0857. The fourth-order valence-corrected chi connectivity index (χ4v) is 2.94. The van der Waals surface area contributed by atoms with Crippen LogP contribution in [-0.2, 0) is 20.9 Å². The maximum atomic E-state index is 12.1. The fourth-order valence-electron chi connectivity index (χ4n) is 2.94. The summed E-state index contributed by atoms with van der Waals surface area (Å²) in [7, 11) is 0. The van der Waals surface area contributed by atoms with E-state index in [-0.39, 0.29) is 37.5 Å². The predicted octanol–water partition coefficient (Wildman–Crippen LogP) is 4.11. The highest BCUT2D eigenvalue weighted by atomic mass is 16.6. The van der Waals surface area contributed by atoms with Crippen molar-refractivity contribution in [3.63, 3.8) is 0 Å². The lowest BCUT2D eigenvalue weighted by molar-refractivity contribution is -0.137. The van der Waals surface area contributed by atoms with Gasteiger partial charge in [-0.05, 0) is 51.5 Å². The Bertz CT molecular complexity index is 729. The highest BCUT2D eigenvalue weighted by molar-refractivity contribution is 5.69. The summed E-state index contributed by atoms with van der Waals surface area (Å²) in [5, 5.41) is 14.6. The van der Waals surface area contributed by atoms with Crippen LogP contribution in [0.1, 0.15) is 46.1 Å². The first-order chi connectivity index (χ1) is 14.5. The van der Waals surface area contributed by atoms with Gasteiger partial charge in [-0.2, -0.15) is 0 Å². The number of carbonyl (C=O) groups excluding carboxylic acids is 2. The van der Waals surface area contributed by atoms with Crippen LogP contribution in [-0.4, -0.2) is 41.4 Å². The van der Waals surface area contributed by atoms with Crippen LogP contribution < -0.4 is 10.6 Å². The molecule has 0 saturated heterocycles.